The molecule has 10 heteroatoms. The van der Waals surface area contributed by atoms with E-state index in [2.05, 4.69) is 9.97 Å². The summed E-state index contributed by atoms with van der Waals surface area (Å²) in [5, 5.41) is 0. The topological polar surface area (TPSA) is 92.4 Å². The van der Waals surface area contributed by atoms with E-state index in [1.807, 2.05) is 4.90 Å². The quantitative estimate of drug-likeness (QED) is 0.798. The number of ketones is 1. The van der Waals surface area contributed by atoms with Gasteiger partial charge in [-0.15, -0.1) is 0 Å². The first-order valence-electron chi connectivity index (χ1n) is 8.56. The van der Waals surface area contributed by atoms with Crippen molar-refractivity contribution in [3.05, 3.63) is 47.8 Å². The molecule has 0 aliphatic carbocycles. The van der Waals surface area contributed by atoms with Gasteiger partial charge < -0.3 is 15.5 Å². The van der Waals surface area contributed by atoms with Crippen LogP contribution in [-0.2, 0) is 4.79 Å². The number of aromatic nitrogens is 2. The van der Waals surface area contributed by atoms with E-state index >= 15 is 0 Å². The normalized spacial score (nSPS) is 14.8. The van der Waals surface area contributed by atoms with E-state index < -0.39 is 18.5 Å². The maximum atomic E-state index is 12.6. The molecule has 1 fully saturated rings. The average Bonchev–Trinajstić information content (AvgIpc) is 2.67. The fourth-order valence-electron chi connectivity index (χ4n) is 2.94. The standard InChI is InChI=1S/C18H18F3N5O2/c19-18(20,21)11-15(27)26-9-7-25(8-10-26)14-5-1-4-13(24-14)16(28)12-3-2-6-23-17(12)22/h1-6H,7-11H2,(H2,22,23). The van der Waals surface area contributed by atoms with Gasteiger partial charge >= 0.3 is 6.18 Å². The van der Waals surface area contributed by atoms with Crippen LogP contribution < -0.4 is 10.6 Å². The predicted molar refractivity (Wildman–Crippen MR) is 95.8 cm³/mol. The molecule has 7 nitrogen and oxygen atoms in total. The second-order valence-electron chi connectivity index (χ2n) is 6.31. The molecule has 3 rings (SSSR count). The van der Waals surface area contributed by atoms with Crippen molar-refractivity contribution in [1.29, 1.82) is 0 Å². The Morgan fingerprint density at radius 2 is 1.79 bits per heavy atom. The van der Waals surface area contributed by atoms with Gasteiger partial charge in [-0.3, -0.25) is 9.59 Å². The van der Waals surface area contributed by atoms with E-state index in [0.29, 0.717) is 18.9 Å². The number of anilines is 2. The molecular weight excluding hydrogens is 375 g/mol. The molecule has 1 amide bonds. The van der Waals surface area contributed by atoms with E-state index in [-0.39, 0.29) is 35.9 Å². The van der Waals surface area contributed by atoms with Crippen LogP contribution in [0.4, 0.5) is 24.8 Å². The van der Waals surface area contributed by atoms with Crippen molar-refractivity contribution in [2.75, 3.05) is 36.8 Å². The summed E-state index contributed by atoms with van der Waals surface area (Å²) in [4.78, 5) is 35.6. The van der Waals surface area contributed by atoms with Crippen LogP contribution in [0.3, 0.4) is 0 Å². The Balaban J connectivity index is 1.68. The molecule has 2 aromatic rings. The number of nitrogen functional groups attached to an aromatic ring is 1. The molecule has 0 saturated carbocycles. The first-order chi connectivity index (χ1) is 13.2. The minimum Gasteiger partial charge on any atom is -0.383 e. The minimum atomic E-state index is -4.52. The second kappa shape index (κ2) is 7.83. The van der Waals surface area contributed by atoms with E-state index in [1.165, 1.54) is 11.1 Å². The number of halogens is 3. The van der Waals surface area contributed by atoms with Crippen molar-refractivity contribution >= 4 is 23.3 Å². The van der Waals surface area contributed by atoms with Gasteiger partial charge in [0.1, 0.15) is 23.8 Å². The van der Waals surface area contributed by atoms with Gasteiger partial charge in [0.15, 0.2) is 0 Å². The molecule has 0 bridgehead atoms. The van der Waals surface area contributed by atoms with E-state index in [1.54, 1.807) is 30.3 Å². The summed E-state index contributed by atoms with van der Waals surface area (Å²) < 4.78 is 37.1. The monoisotopic (exact) mass is 393 g/mol. The van der Waals surface area contributed by atoms with Crippen LogP contribution in [0.1, 0.15) is 22.5 Å². The van der Waals surface area contributed by atoms with Crippen LogP contribution in [0.25, 0.3) is 0 Å². The molecule has 1 aliphatic rings. The van der Waals surface area contributed by atoms with Crippen LogP contribution in [0.2, 0.25) is 0 Å². The maximum absolute atomic E-state index is 12.6. The molecule has 2 aromatic heterocycles. The van der Waals surface area contributed by atoms with Gasteiger partial charge in [-0.1, -0.05) is 6.07 Å². The molecule has 1 saturated heterocycles. The Bertz CT molecular complexity index is 880. The first-order valence-corrected chi connectivity index (χ1v) is 8.56. The van der Waals surface area contributed by atoms with Crippen LogP contribution in [0.5, 0.6) is 0 Å². The van der Waals surface area contributed by atoms with Gasteiger partial charge in [0.25, 0.3) is 0 Å². The fraction of sp³-hybridized carbons (Fsp3) is 0.333. The van der Waals surface area contributed by atoms with Crippen LogP contribution in [0.15, 0.2) is 36.5 Å². The zero-order valence-electron chi connectivity index (χ0n) is 14.8. The van der Waals surface area contributed by atoms with Crippen molar-refractivity contribution in [3.8, 4) is 0 Å². The van der Waals surface area contributed by atoms with Gasteiger partial charge in [0, 0.05) is 32.4 Å². The molecule has 1 aliphatic heterocycles. The largest absolute Gasteiger partial charge is 0.397 e. The number of rotatable bonds is 4. The SMILES string of the molecule is Nc1ncccc1C(=O)c1cccc(N2CCN(C(=O)CC(F)(F)F)CC2)n1. The number of alkyl halides is 3. The summed E-state index contributed by atoms with van der Waals surface area (Å²) in [6, 6.07) is 8.09. The average molecular weight is 393 g/mol. The third-order valence-electron chi connectivity index (χ3n) is 4.36. The number of pyridine rings is 2. The first kappa shape index (κ1) is 19.6. The third-order valence-corrected chi connectivity index (χ3v) is 4.36. The minimum absolute atomic E-state index is 0.108. The molecular formula is C18H18F3N5O2. The van der Waals surface area contributed by atoms with Crippen LogP contribution in [0, 0.1) is 0 Å². The lowest BCUT2D eigenvalue weighted by atomic mass is 10.1. The highest BCUT2D eigenvalue weighted by atomic mass is 19.4. The lowest BCUT2D eigenvalue weighted by molar-refractivity contribution is -0.161. The molecule has 0 radical (unpaired) electrons. The summed E-state index contributed by atoms with van der Waals surface area (Å²) in [7, 11) is 0. The molecule has 2 N–H and O–H groups in total. The number of piperazine rings is 1. The Labute approximate surface area is 159 Å². The van der Waals surface area contributed by atoms with Crippen molar-refractivity contribution < 1.29 is 22.8 Å². The highest BCUT2D eigenvalue weighted by Crippen LogP contribution is 2.22. The van der Waals surface area contributed by atoms with Crippen molar-refractivity contribution in [1.82, 2.24) is 14.9 Å². The Hall–Kier alpha value is -3.17. The Morgan fingerprint density at radius 1 is 1.07 bits per heavy atom. The van der Waals surface area contributed by atoms with E-state index in [0.717, 1.165) is 0 Å². The van der Waals surface area contributed by atoms with E-state index in [9.17, 15) is 22.8 Å². The molecule has 148 valence electrons. The number of amides is 1. The third kappa shape index (κ3) is 4.56. The number of nitrogens with two attached hydrogens (primary N) is 1. The molecule has 0 unspecified atom stereocenters. The van der Waals surface area contributed by atoms with Gasteiger partial charge in [0.05, 0.1) is 5.56 Å². The number of carbonyl (C=O) groups excluding carboxylic acids is 2. The summed E-state index contributed by atoms with van der Waals surface area (Å²) >= 11 is 0. The summed E-state index contributed by atoms with van der Waals surface area (Å²) in [5.41, 5.74) is 6.17. The molecule has 3 heterocycles. The van der Waals surface area contributed by atoms with Gasteiger partial charge in [-0.05, 0) is 24.3 Å². The molecule has 0 spiro atoms. The summed E-state index contributed by atoms with van der Waals surface area (Å²) in [6.45, 7) is 0.960. The summed E-state index contributed by atoms with van der Waals surface area (Å²) in [5.74, 6) is -0.685. The number of hydrogen-bond acceptors (Lipinski definition) is 6. The van der Waals surface area contributed by atoms with Crippen molar-refractivity contribution in [2.24, 2.45) is 0 Å². The Morgan fingerprint density at radius 3 is 2.43 bits per heavy atom. The predicted octanol–water partition coefficient (Wildman–Crippen LogP) is 1.89. The number of hydrogen-bond donors (Lipinski definition) is 1. The van der Waals surface area contributed by atoms with Gasteiger partial charge in [-0.25, -0.2) is 9.97 Å². The number of carbonyl (C=O) groups is 2. The molecule has 28 heavy (non-hydrogen) atoms. The van der Waals surface area contributed by atoms with Crippen molar-refractivity contribution in [3.63, 3.8) is 0 Å². The second-order valence-corrected chi connectivity index (χ2v) is 6.31. The zero-order valence-corrected chi connectivity index (χ0v) is 14.8. The molecule has 0 aromatic carbocycles. The van der Waals surface area contributed by atoms with Crippen molar-refractivity contribution in [2.45, 2.75) is 12.6 Å². The van der Waals surface area contributed by atoms with E-state index in [4.69, 9.17) is 5.73 Å². The lowest BCUT2D eigenvalue weighted by Gasteiger charge is -2.35. The summed E-state index contributed by atoms with van der Waals surface area (Å²) in [6.07, 6.45) is -4.49. The highest BCUT2D eigenvalue weighted by Gasteiger charge is 2.34. The van der Waals surface area contributed by atoms with Crippen LogP contribution in [-0.4, -0.2) is 58.9 Å². The van der Waals surface area contributed by atoms with Crippen LogP contribution >= 0.6 is 0 Å². The maximum Gasteiger partial charge on any atom is 0.397 e. The molecule has 0 atom stereocenters. The van der Waals surface area contributed by atoms with Gasteiger partial charge in [0.2, 0.25) is 11.7 Å². The fourth-order valence-corrected chi connectivity index (χ4v) is 2.94. The lowest BCUT2D eigenvalue weighted by Crippen LogP contribution is -2.49. The van der Waals surface area contributed by atoms with Gasteiger partial charge in [-0.2, -0.15) is 13.2 Å². The zero-order chi connectivity index (χ0) is 20.3. The smallest absolute Gasteiger partial charge is 0.383 e. The highest BCUT2D eigenvalue weighted by molar-refractivity contribution is 6.10. The number of nitrogens with zero attached hydrogens (tertiary/aromatic N) is 4. The Kier molecular flexibility index (Phi) is 5.48.